The lowest BCUT2D eigenvalue weighted by molar-refractivity contribution is -0.384. The van der Waals surface area contributed by atoms with Gasteiger partial charge in [0.1, 0.15) is 11.5 Å². The van der Waals surface area contributed by atoms with Crippen LogP contribution in [0.5, 0.6) is 0 Å². The minimum atomic E-state index is -1.69. The average molecular weight is 561 g/mol. The number of nitro groups is 1. The Balaban J connectivity index is 1.55. The summed E-state index contributed by atoms with van der Waals surface area (Å²) in [5.41, 5.74) is 0.816. The number of benzene rings is 4. The predicted octanol–water partition coefficient (Wildman–Crippen LogP) is 6.56. The van der Waals surface area contributed by atoms with E-state index >= 15 is 0 Å². The number of hydrogen-bond donors (Lipinski definition) is 0. The van der Waals surface area contributed by atoms with Crippen LogP contribution < -0.4 is 4.90 Å². The third kappa shape index (κ3) is 3.36. The molecule has 1 spiro atoms. The number of ketones is 3. The van der Waals surface area contributed by atoms with Crippen LogP contribution in [0.3, 0.4) is 0 Å². The molecule has 1 fully saturated rings. The van der Waals surface area contributed by atoms with Gasteiger partial charge in [-0.05, 0) is 23.3 Å². The molecular formula is C33H21ClN2O5. The zero-order valence-corrected chi connectivity index (χ0v) is 22.2. The monoisotopic (exact) mass is 560 g/mol. The molecular weight excluding hydrogens is 540 g/mol. The Morgan fingerprint density at radius 3 is 2.22 bits per heavy atom. The van der Waals surface area contributed by atoms with Crippen molar-refractivity contribution in [2.45, 2.75) is 18.0 Å². The number of nitro benzene ring substituents is 1. The zero-order valence-electron chi connectivity index (χ0n) is 21.4. The van der Waals surface area contributed by atoms with Gasteiger partial charge < -0.3 is 4.90 Å². The normalized spacial score (nSPS) is 21.5. The summed E-state index contributed by atoms with van der Waals surface area (Å²) in [6.07, 6.45) is 3.71. The topological polar surface area (TPSA) is 97.6 Å². The van der Waals surface area contributed by atoms with Gasteiger partial charge in [-0.25, -0.2) is 0 Å². The first kappa shape index (κ1) is 25.1. The van der Waals surface area contributed by atoms with Crippen LogP contribution in [0.1, 0.15) is 48.1 Å². The molecule has 0 N–H and O–H groups in total. The van der Waals surface area contributed by atoms with Gasteiger partial charge in [-0.1, -0.05) is 96.5 Å². The second-order valence-corrected chi connectivity index (χ2v) is 10.9. The van der Waals surface area contributed by atoms with Crippen LogP contribution in [0.15, 0.2) is 103 Å². The summed E-state index contributed by atoms with van der Waals surface area (Å²) >= 11 is 6.79. The average Bonchev–Trinajstić information content (AvgIpc) is 3.43. The molecule has 200 valence electrons. The molecule has 0 unspecified atom stereocenters. The molecule has 8 heteroatoms. The summed E-state index contributed by atoms with van der Waals surface area (Å²) in [6.45, 7) is 0. The van der Waals surface area contributed by atoms with Crippen molar-refractivity contribution in [1.29, 1.82) is 0 Å². The molecule has 3 atom stereocenters. The summed E-state index contributed by atoms with van der Waals surface area (Å²) in [5, 5.41) is 11.9. The van der Waals surface area contributed by atoms with Crippen molar-refractivity contribution in [2.24, 2.45) is 5.41 Å². The number of carbonyl (C=O) groups excluding carboxylic acids is 3. The number of Topliss-reactive ketones (excluding diaryl/α,β-unsaturated/α-hetero) is 3. The van der Waals surface area contributed by atoms with Gasteiger partial charge in [0.25, 0.3) is 5.69 Å². The van der Waals surface area contributed by atoms with Gasteiger partial charge >= 0.3 is 0 Å². The van der Waals surface area contributed by atoms with Crippen molar-refractivity contribution < 1.29 is 19.3 Å². The van der Waals surface area contributed by atoms with Crippen LogP contribution in [0.4, 0.5) is 11.4 Å². The van der Waals surface area contributed by atoms with Crippen molar-refractivity contribution in [3.05, 3.63) is 146 Å². The number of nitrogens with zero attached hydrogens (tertiary/aromatic N) is 2. The van der Waals surface area contributed by atoms with E-state index in [4.69, 9.17) is 11.6 Å². The SMILES string of the molecule is O=C(c1cccc([N+](=O)[O-])c1)[C@@H]1[C@H](c2ccccc2Cl)C2(C(=O)c3ccccc3C2=O)[C@@H]2C=Cc3ccccc3N12. The molecule has 7 nitrogen and oxygen atoms in total. The Morgan fingerprint density at radius 1 is 0.854 bits per heavy atom. The second-order valence-electron chi connectivity index (χ2n) is 10.5. The third-order valence-electron chi connectivity index (χ3n) is 8.56. The molecule has 4 aromatic carbocycles. The highest BCUT2D eigenvalue weighted by molar-refractivity contribution is 6.34. The molecule has 7 rings (SSSR count). The predicted molar refractivity (Wildman–Crippen MR) is 155 cm³/mol. The van der Waals surface area contributed by atoms with Gasteiger partial charge in [0.2, 0.25) is 0 Å². The largest absolute Gasteiger partial charge is 0.352 e. The Hall–Kier alpha value is -4.88. The Kier molecular flexibility index (Phi) is 5.56. The standard InChI is InChI=1S/C33H21ClN2O5/c34-25-14-5-4-13-24(25)28-29(30(37)20-9-7-10-21(18-20)36(40)41)35-26-15-6-1-8-19(26)16-17-27(35)33(28)31(38)22-11-2-3-12-23(22)32(33)39/h1-18,27-29H/t27-,28-,29-/m0/s1. The third-order valence-corrected chi connectivity index (χ3v) is 8.91. The van der Waals surface area contributed by atoms with Crippen LogP contribution >= 0.6 is 11.6 Å². The molecule has 3 aliphatic rings. The summed E-state index contributed by atoms with van der Waals surface area (Å²) in [6, 6.07) is 24.8. The highest BCUT2D eigenvalue weighted by Crippen LogP contribution is 2.61. The lowest BCUT2D eigenvalue weighted by Crippen LogP contribution is -2.48. The number of carbonyl (C=O) groups is 3. The summed E-state index contributed by atoms with van der Waals surface area (Å²) in [4.78, 5) is 56.8. The molecule has 0 saturated carbocycles. The molecule has 2 heterocycles. The molecule has 2 aliphatic heterocycles. The van der Waals surface area contributed by atoms with Gasteiger partial charge in [-0.2, -0.15) is 0 Å². The number of fused-ring (bicyclic) bond motifs is 5. The van der Waals surface area contributed by atoms with Crippen LogP contribution in [-0.2, 0) is 0 Å². The molecule has 4 aromatic rings. The first-order valence-electron chi connectivity index (χ1n) is 13.1. The highest BCUT2D eigenvalue weighted by Gasteiger charge is 2.71. The number of halogens is 1. The fraction of sp³-hybridized carbons (Fsp3) is 0.121. The van der Waals surface area contributed by atoms with Crippen LogP contribution in [0.2, 0.25) is 5.02 Å². The minimum absolute atomic E-state index is 0.111. The maximum Gasteiger partial charge on any atom is 0.270 e. The van der Waals surface area contributed by atoms with Crippen molar-refractivity contribution in [3.63, 3.8) is 0 Å². The maximum absolute atomic E-state index is 14.7. The van der Waals surface area contributed by atoms with E-state index in [-0.39, 0.29) is 22.8 Å². The first-order chi connectivity index (χ1) is 19.9. The number of para-hydroxylation sites is 1. The van der Waals surface area contributed by atoms with Crippen molar-refractivity contribution >= 4 is 46.4 Å². The lowest BCUT2D eigenvalue weighted by Gasteiger charge is -2.37. The minimum Gasteiger partial charge on any atom is -0.352 e. The molecule has 0 radical (unpaired) electrons. The van der Waals surface area contributed by atoms with E-state index in [0.717, 1.165) is 5.56 Å². The van der Waals surface area contributed by atoms with Gasteiger partial charge in [0, 0.05) is 45.5 Å². The summed E-state index contributed by atoms with van der Waals surface area (Å²) in [5.74, 6) is -2.16. The van der Waals surface area contributed by atoms with E-state index < -0.39 is 34.1 Å². The fourth-order valence-electron chi connectivity index (χ4n) is 6.93. The molecule has 0 bridgehead atoms. The van der Waals surface area contributed by atoms with Crippen LogP contribution in [0.25, 0.3) is 6.08 Å². The molecule has 0 aromatic heterocycles. The Labute approximate surface area is 239 Å². The quantitative estimate of drug-likeness (QED) is 0.121. The first-order valence-corrected chi connectivity index (χ1v) is 13.5. The fourth-order valence-corrected chi connectivity index (χ4v) is 7.18. The van der Waals surface area contributed by atoms with E-state index in [1.54, 1.807) is 48.5 Å². The number of anilines is 1. The van der Waals surface area contributed by atoms with E-state index in [9.17, 15) is 24.5 Å². The van der Waals surface area contributed by atoms with Crippen molar-refractivity contribution in [3.8, 4) is 0 Å². The molecule has 1 aliphatic carbocycles. The highest BCUT2D eigenvalue weighted by atomic mass is 35.5. The number of rotatable bonds is 4. The van der Waals surface area contributed by atoms with Crippen LogP contribution in [0, 0.1) is 15.5 Å². The Bertz CT molecular complexity index is 1810. The Morgan fingerprint density at radius 2 is 1.51 bits per heavy atom. The van der Waals surface area contributed by atoms with Crippen molar-refractivity contribution in [1.82, 2.24) is 0 Å². The zero-order chi connectivity index (χ0) is 28.5. The summed E-state index contributed by atoms with van der Waals surface area (Å²) in [7, 11) is 0. The van der Waals surface area contributed by atoms with Gasteiger partial charge in [-0.15, -0.1) is 0 Å². The molecule has 0 amide bonds. The molecule has 41 heavy (non-hydrogen) atoms. The summed E-state index contributed by atoms with van der Waals surface area (Å²) < 4.78 is 0. The number of non-ortho nitro benzene ring substituents is 1. The lowest BCUT2D eigenvalue weighted by atomic mass is 9.64. The maximum atomic E-state index is 14.7. The van der Waals surface area contributed by atoms with E-state index in [0.29, 0.717) is 27.4 Å². The van der Waals surface area contributed by atoms with Crippen LogP contribution in [-0.4, -0.2) is 34.4 Å². The smallest absolute Gasteiger partial charge is 0.270 e. The van der Waals surface area contributed by atoms with Gasteiger partial charge in [0.05, 0.1) is 11.0 Å². The van der Waals surface area contributed by atoms with E-state index in [1.807, 2.05) is 41.3 Å². The second kappa shape index (κ2) is 9.08. The van der Waals surface area contributed by atoms with Gasteiger partial charge in [-0.3, -0.25) is 24.5 Å². The van der Waals surface area contributed by atoms with E-state index in [2.05, 4.69) is 0 Å². The number of hydrogen-bond acceptors (Lipinski definition) is 6. The molecule has 1 saturated heterocycles. The van der Waals surface area contributed by atoms with Gasteiger partial charge in [0.15, 0.2) is 17.3 Å². The van der Waals surface area contributed by atoms with E-state index in [1.165, 1.54) is 24.3 Å². The van der Waals surface area contributed by atoms with Crippen molar-refractivity contribution in [2.75, 3.05) is 4.90 Å².